The molecule has 1 rings (SSSR count). The van der Waals surface area contributed by atoms with Gasteiger partial charge in [0.1, 0.15) is 11.5 Å². The van der Waals surface area contributed by atoms with Gasteiger partial charge in [-0.25, -0.2) is 9.37 Å². The molecule has 1 aromatic rings. The van der Waals surface area contributed by atoms with Crippen molar-refractivity contribution in [2.45, 2.75) is 13.8 Å². The lowest BCUT2D eigenvalue weighted by Crippen LogP contribution is -2.35. The van der Waals surface area contributed by atoms with Gasteiger partial charge >= 0.3 is 5.97 Å². The van der Waals surface area contributed by atoms with Gasteiger partial charge in [0, 0.05) is 6.54 Å². The van der Waals surface area contributed by atoms with E-state index in [0.717, 1.165) is 12.3 Å². The van der Waals surface area contributed by atoms with Crippen molar-refractivity contribution in [2.24, 2.45) is 11.8 Å². The average molecular weight is 254 g/mol. The van der Waals surface area contributed by atoms with E-state index in [4.69, 9.17) is 5.11 Å². The van der Waals surface area contributed by atoms with Crippen molar-refractivity contribution >= 4 is 11.9 Å². The van der Waals surface area contributed by atoms with Crippen molar-refractivity contribution < 1.29 is 19.1 Å². The van der Waals surface area contributed by atoms with Crippen molar-refractivity contribution in [3.05, 3.63) is 29.8 Å². The first-order valence-electron chi connectivity index (χ1n) is 5.54. The average Bonchev–Trinajstić information content (AvgIpc) is 2.28. The summed E-state index contributed by atoms with van der Waals surface area (Å²) in [5, 5.41) is 11.4. The van der Waals surface area contributed by atoms with E-state index in [0.29, 0.717) is 0 Å². The summed E-state index contributed by atoms with van der Waals surface area (Å²) in [4.78, 5) is 26.1. The molecule has 1 heterocycles. The number of rotatable bonds is 5. The number of hydrogen-bond donors (Lipinski definition) is 2. The first kappa shape index (κ1) is 14.1. The van der Waals surface area contributed by atoms with Gasteiger partial charge in [0.05, 0.1) is 12.1 Å². The van der Waals surface area contributed by atoms with Gasteiger partial charge < -0.3 is 10.4 Å². The molecule has 0 aliphatic carbocycles. The lowest BCUT2D eigenvalue weighted by atomic mass is 9.96. The Labute approximate surface area is 104 Å². The van der Waals surface area contributed by atoms with Gasteiger partial charge in [0.15, 0.2) is 0 Å². The van der Waals surface area contributed by atoms with Crippen molar-refractivity contribution in [3.63, 3.8) is 0 Å². The zero-order valence-corrected chi connectivity index (χ0v) is 10.2. The molecule has 0 fully saturated rings. The fraction of sp³-hybridized carbons (Fsp3) is 0.417. The normalized spacial score (nSPS) is 12.2. The molecule has 98 valence electrons. The highest BCUT2D eigenvalue weighted by atomic mass is 19.1. The summed E-state index contributed by atoms with van der Waals surface area (Å²) in [6.45, 7) is 3.55. The zero-order valence-electron chi connectivity index (χ0n) is 10.2. The second-order valence-corrected chi connectivity index (χ2v) is 4.26. The number of aliphatic carboxylic acids is 1. The number of aromatic nitrogens is 1. The number of pyridine rings is 1. The topological polar surface area (TPSA) is 79.3 Å². The summed E-state index contributed by atoms with van der Waals surface area (Å²) in [5.41, 5.74) is 0.0595. The van der Waals surface area contributed by atoms with Crippen LogP contribution in [0.2, 0.25) is 0 Å². The monoisotopic (exact) mass is 254 g/mol. The molecule has 0 radical (unpaired) electrons. The van der Waals surface area contributed by atoms with Crippen molar-refractivity contribution in [1.29, 1.82) is 0 Å². The van der Waals surface area contributed by atoms with Crippen LogP contribution in [0.3, 0.4) is 0 Å². The van der Waals surface area contributed by atoms with Crippen LogP contribution in [0.5, 0.6) is 0 Å². The lowest BCUT2D eigenvalue weighted by Gasteiger charge is -2.16. The Bertz CT molecular complexity index is 431. The molecule has 0 aliphatic heterocycles. The van der Waals surface area contributed by atoms with Crippen LogP contribution in [0.1, 0.15) is 24.3 Å². The Kier molecular flexibility index (Phi) is 4.76. The van der Waals surface area contributed by atoms with Crippen LogP contribution in [0.15, 0.2) is 18.3 Å². The van der Waals surface area contributed by atoms with Crippen LogP contribution in [0, 0.1) is 17.7 Å². The van der Waals surface area contributed by atoms with Gasteiger partial charge in [0.25, 0.3) is 5.91 Å². The highest BCUT2D eigenvalue weighted by Gasteiger charge is 2.22. The maximum absolute atomic E-state index is 12.6. The van der Waals surface area contributed by atoms with Gasteiger partial charge in [-0.2, -0.15) is 0 Å². The van der Waals surface area contributed by atoms with E-state index in [1.54, 1.807) is 13.8 Å². The Hall–Kier alpha value is -1.98. The predicted molar refractivity (Wildman–Crippen MR) is 62.5 cm³/mol. The van der Waals surface area contributed by atoms with Gasteiger partial charge in [-0.15, -0.1) is 0 Å². The largest absolute Gasteiger partial charge is 0.481 e. The summed E-state index contributed by atoms with van der Waals surface area (Å²) in [5.74, 6) is -2.75. The Morgan fingerprint density at radius 1 is 1.44 bits per heavy atom. The lowest BCUT2D eigenvalue weighted by molar-refractivity contribution is -0.142. The zero-order chi connectivity index (χ0) is 13.7. The van der Waals surface area contributed by atoms with Crippen LogP contribution < -0.4 is 5.32 Å². The SMILES string of the molecule is CC(C)C(CNC(=O)c1ccc(F)cn1)C(=O)O. The number of nitrogens with zero attached hydrogens (tertiary/aromatic N) is 1. The number of carboxylic acid groups (broad SMARTS) is 1. The predicted octanol–water partition coefficient (Wildman–Crippen LogP) is 1.31. The summed E-state index contributed by atoms with van der Waals surface area (Å²) in [7, 11) is 0. The minimum Gasteiger partial charge on any atom is -0.481 e. The molecule has 0 saturated carbocycles. The molecule has 1 atom stereocenters. The molecule has 6 heteroatoms. The third-order valence-corrected chi connectivity index (χ3v) is 2.56. The van der Waals surface area contributed by atoms with Crippen LogP contribution in [-0.4, -0.2) is 28.5 Å². The molecule has 0 aromatic carbocycles. The maximum atomic E-state index is 12.6. The molecule has 0 aliphatic rings. The van der Waals surface area contributed by atoms with E-state index in [-0.39, 0.29) is 18.2 Å². The van der Waals surface area contributed by atoms with Crippen molar-refractivity contribution in [1.82, 2.24) is 10.3 Å². The molecule has 1 amide bonds. The molecule has 18 heavy (non-hydrogen) atoms. The van der Waals surface area contributed by atoms with E-state index in [2.05, 4.69) is 10.3 Å². The summed E-state index contributed by atoms with van der Waals surface area (Å²) in [6.07, 6.45) is 0.937. The van der Waals surface area contributed by atoms with E-state index in [1.807, 2.05) is 0 Å². The van der Waals surface area contributed by atoms with Gasteiger partial charge in [-0.05, 0) is 18.1 Å². The fourth-order valence-corrected chi connectivity index (χ4v) is 1.41. The highest BCUT2D eigenvalue weighted by Crippen LogP contribution is 2.10. The molecule has 5 nitrogen and oxygen atoms in total. The van der Waals surface area contributed by atoms with Gasteiger partial charge in [-0.3, -0.25) is 9.59 Å². The van der Waals surface area contributed by atoms with E-state index in [9.17, 15) is 14.0 Å². The van der Waals surface area contributed by atoms with Crippen molar-refractivity contribution in [2.75, 3.05) is 6.54 Å². The van der Waals surface area contributed by atoms with Crippen LogP contribution >= 0.6 is 0 Å². The first-order chi connectivity index (χ1) is 8.41. The van der Waals surface area contributed by atoms with E-state index in [1.165, 1.54) is 6.07 Å². The Balaban J connectivity index is 2.60. The maximum Gasteiger partial charge on any atom is 0.308 e. The first-order valence-corrected chi connectivity index (χ1v) is 5.54. The number of nitrogens with one attached hydrogen (secondary N) is 1. The number of carbonyl (C=O) groups excluding carboxylic acids is 1. The van der Waals surface area contributed by atoms with Crippen LogP contribution in [0.25, 0.3) is 0 Å². The van der Waals surface area contributed by atoms with E-state index >= 15 is 0 Å². The number of hydrogen-bond acceptors (Lipinski definition) is 3. The number of carboxylic acids is 1. The fourth-order valence-electron chi connectivity index (χ4n) is 1.41. The minimum absolute atomic E-state index is 0.0187. The van der Waals surface area contributed by atoms with Crippen LogP contribution in [-0.2, 0) is 4.79 Å². The molecule has 0 spiro atoms. The number of carbonyl (C=O) groups is 2. The third-order valence-electron chi connectivity index (χ3n) is 2.56. The smallest absolute Gasteiger partial charge is 0.308 e. The van der Waals surface area contributed by atoms with Gasteiger partial charge in [0.2, 0.25) is 0 Å². The highest BCUT2D eigenvalue weighted by molar-refractivity contribution is 5.92. The molecular weight excluding hydrogens is 239 g/mol. The third kappa shape index (κ3) is 3.80. The van der Waals surface area contributed by atoms with Gasteiger partial charge in [-0.1, -0.05) is 13.8 Å². The molecular formula is C12H15FN2O3. The molecule has 2 N–H and O–H groups in total. The Morgan fingerprint density at radius 2 is 2.11 bits per heavy atom. The quantitative estimate of drug-likeness (QED) is 0.830. The number of amides is 1. The van der Waals surface area contributed by atoms with Crippen molar-refractivity contribution in [3.8, 4) is 0 Å². The molecule has 0 saturated heterocycles. The number of halogens is 1. The summed E-state index contributed by atoms with van der Waals surface area (Å²) in [6, 6.07) is 2.37. The molecule has 1 unspecified atom stereocenters. The molecule has 0 bridgehead atoms. The Morgan fingerprint density at radius 3 is 2.56 bits per heavy atom. The summed E-state index contributed by atoms with van der Waals surface area (Å²) < 4.78 is 12.6. The summed E-state index contributed by atoms with van der Waals surface area (Å²) >= 11 is 0. The minimum atomic E-state index is -0.961. The second kappa shape index (κ2) is 6.09. The standard InChI is InChI=1S/C12H15FN2O3/c1-7(2)9(12(17)18)6-15-11(16)10-4-3-8(13)5-14-10/h3-5,7,9H,6H2,1-2H3,(H,15,16)(H,17,18). The van der Waals surface area contributed by atoms with Crippen LogP contribution in [0.4, 0.5) is 4.39 Å². The molecule has 1 aromatic heterocycles. The second-order valence-electron chi connectivity index (χ2n) is 4.26. The van der Waals surface area contributed by atoms with E-state index < -0.39 is 23.6 Å².